The third kappa shape index (κ3) is 4.81. The summed E-state index contributed by atoms with van der Waals surface area (Å²) in [7, 11) is -0.886. The van der Waals surface area contributed by atoms with Gasteiger partial charge in [-0.25, -0.2) is 4.98 Å². The van der Waals surface area contributed by atoms with Gasteiger partial charge in [0, 0.05) is 35.5 Å². The fourth-order valence-electron chi connectivity index (χ4n) is 1.21. The summed E-state index contributed by atoms with van der Waals surface area (Å²) < 4.78 is 47.8. The molecule has 0 fully saturated rings. The quantitative estimate of drug-likeness (QED) is 0.850. The highest BCUT2D eigenvalue weighted by Gasteiger charge is 2.31. The molecule has 0 aliphatic carbocycles. The maximum Gasteiger partial charge on any atom is 0.417 e. The van der Waals surface area contributed by atoms with Crippen LogP contribution in [0.4, 0.5) is 19.0 Å². The predicted octanol–water partition coefficient (Wildman–Crippen LogP) is 2.93. The van der Waals surface area contributed by atoms with Crippen molar-refractivity contribution in [3.63, 3.8) is 0 Å². The van der Waals surface area contributed by atoms with E-state index in [0.717, 1.165) is 12.3 Å². The van der Waals surface area contributed by atoms with Crippen LogP contribution in [0.3, 0.4) is 0 Å². The SMILES string of the molecule is CS(=O)CCCNc1ncc(C(F)(F)F)cc1Cl. The van der Waals surface area contributed by atoms with Crippen LogP contribution in [0.2, 0.25) is 5.02 Å². The Bertz CT molecular complexity index is 440. The van der Waals surface area contributed by atoms with Crippen molar-refractivity contribution in [2.75, 3.05) is 23.9 Å². The zero-order chi connectivity index (χ0) is 13.8. The van der Waals surface area contributed by atoms with E-state index in [4.69, 9.17) is 11.6 Å². The number of alkyl halides is 3. The fourth-order valence-corrected chi connectivity index (χ4v) is 1.99. The van der Waals surface area contributed by atoms with Crippen LogP contribution < -0.4 is 5.32 Å². The summed E-state index contributed by atoms with van der Waals surface area (Å²) in [6, 6.07) is 0.828. The number of aromatic nitrogens is 1. The number of nitrogens with zero attached hydrogens (tertiary/aromatic N) is 1. The number of halogens is 4. The monoisotopic (exact) mass is 300 g/mol. The summed E-state index contributed by atoms with van der Waals surface area (Å²) in [6.45, 7) is 0.456. The molecule has 1 atom stereocenters. The fraction of sp³-hybridized carbons (Fsp3) is 0.500. The Kier molecular flexibility index (Phi) is 5.40. The Morgan fingerprint density at radius 3 is 2.67 bits per heavy atom. The highest BCUT2D eigenvalue weighted by atomic mass is 35.5. The van der Waals surface area contributed by atoms with Gasteiger partial charge in [0.25, 0.3) is 0 Å². The first-order chi connectivity index (χ1) is 8.30. The minimum Gasteiger partial charge on any atom is -0.369 e. The van der Waals surface area contributed by atoms with Crippen LogP contribution in [-0.4, -0.2) is 27.7 Å². The van der Waals surface area contributed by atoms with E-state index in [1.165, 1.54) is 0 Å². The average Bonchev–Trinajstić information content (AvgIpc) is 2.24. The van der Waals surface area contributed by atoms with Gasteiger partial charge in [-0.1, -0.05) is 11.6 Å². The molecule has 0 saturated carbocycles. The van der Waals surface area contributed by atoms with Crippen molar-refractivity contribution in [2.45, 2.75) is 12.6 Å². The van der Waals surface area contributed by atoms with E-state index in [0.29, 0.717) is 18.7 Å². The number of anilines is 1. The molecule has 8 heteroatoms. The van der Waals surface area contributed by atoms with Gasteiger partial charge >= 0.3 is 6.18 Å². The first kappa shape index (κ1) is 15.2. The number of hydrogen-bond donors (Lipinski definition) is 1. The van der Waals surface area contributed by atoms with Crippen molar-refractivity contribution in [3.05, 3.63) is 22.8 Å². The number of hydrogen-bond acceptors (Lipinski definition) is 3. The van der Waals surface area contributed by atoms with Gasteiger partial charge in [-0.3, -0.25) is 4.21 Å². The van der Waals surface area contributed by atoms with Gasteiger partial charge < -0.3 is 5.32 Å². The van der Waals surface area contributed by atoms with E-state index in [9.17, 15) is 17.4 Å². The van der Waals surface area contributed by atoms with Crippen molar-refractivity contribution in [1.82, 2.24) is 4.98 Å². The van der Waals surface area contributed by atoms with Crippen LogP contribution in [0.1, 0.15) is 12.0 Å². The third-order valence-electron chi connectivity index (χ3n) is 2.07. The van der Waals surface area contributed by atoms with E-state index >= 15 is 0 Å². The summed E-state index contributed by atoms with van der Waals surface area (Å²) in [5.41, 5.74) is -0.882. The smallest absolute Gasteiger partial charge is 0.369 e. The summed E-state index contributed by atoms with van der Waals surface area (Å²) in [5.74, 6) is 0.720. The molecule has 0 aliphatic heterocycles. The molecule has 1 N–H and O–H groups in total. The molecule has 3 nitrogen and oxygen atoms in total. The molecular weight excluding hydrogens is 289 g/mol. The van der Waals surface area contributed by atoms with E-state index in [-0.39, 0.29) is 10.8 Å². The Balaban J connectivity index is 2.60. The molecule has 1 aromatic rings. The van der Waals surface area contributed by atoms with Crippen molar-refractivity contribution >= 4 is 28.2 Å². The van der Waals surface area contributed by atoms with Crippen molar-refractivity contribution in [2.24, 2.45) is 0 Å². The van der Waals surface area contributed by atoms with Gasteiger partial charge in [-0.2, -0.15) is 13.2 Å². The summed E-state index contributed by atoms with van der Waals surface area (Å²) in [6.07, 6.45) is -1.51. The molecule has 1 rings (SSSR count). The Hall–Kier alpha value is -0.820. The molecule has 0 saturated heterocycles. The Morgan fingerprint density at radius 2 is 2.17 bits per heavy atom. The topological polar surface area (TPSA) is 42.0 Å². The van der Waals surface area contributed by atoms with Gasteiger partial charge in [0.2, 0.25) is 0 Å². The minimum atomic E-state index is -4.45. The van der Waals surface area contributed by atoms with Gasteiger partial charge in [0.15, 0.2) is 0 Å². The Labute approximate surface area is 110 Å². The van der Waals surface area contributed by atoms with E-state index in [1.54, 1.807) is 6.26 Å². The molecule has 0 amide bonds. The van der Waals surface area contributed by atoms with Crippen molar-refractivity contribution < 1.29 is 17.4 Å². The molecule has 1 unspecified atom stereocenters. The van der Waals surface area contributed by atoms with Gasteiger partial charge in [-0.05, 0) is 12.5 Å². The Morgan fingerprint density at radius 1 is 1.50 bits per heavy atom. The molecule has 1 aromatic heterocycles. The van der Waals surface area contributed by atoms with Crippen molar-refractivity contribution in [1.29, 1.82) is 0 Å². The second-order valence-electron chi connectivity index (χ2n) is 3.61. The molecule has 0 aliphatic rings. The highest BCUT2D eigenvalue weighted by Crippen LogP contribution is 2.32. The number of nitrogens with one attached hydrogen (secondary N) is 1. The van der Waals surface area contributed by atoms with E-state index < -0.39 is 22.5 Å². The van der Waals surface area contributed by atoms with E-state index in [2.05, 4.69) is 10.3 Å². The van der Waals surface area contributed by atoms with E-state index in [1.807, 2.05) is 0 Å². The summed E-state index contributed by atoms with van der Waals surface area (Å²) in [5, 5.41) is 2.72. The summed E-state index contributed by atoms with van der Waals surface area (Å²) >= 11 is 5.69. The van der Waals surface area contributed by atoms with Gasteiger partial charge in [0.1, 0.15) is 5.82 Å². The highest BCUT2D eigenvalue weighted by molar-refractivity contribution is 7.84. The standard InChI is InChI=1S/C10H12ClF3N2OS/c1-18(17)4-2-3-15-9-8(11)5-7(6-16-9)10(12,13)14/h5-6H,2-4H2,1H3,(H,15,16). The second-order valence-corrected chi connectivity index (χ2v) is 5.57. The maximum absolute atomic E-state index is 12.3. The van der Waals surface area contributed by atoms with Crippen LogP contribution >= 0.6 is 11.6 Å². The molecular formula is C10H12ClF3N2OS. The summed E-state index contributed by atoms with van der Waals surface area (Å²) in [4.78, 5) is 3.62. The lowest BCUT2D eigenvalue weighted by Crippen LogP contribution is -2.10. The molecule has 0 spiro atoms. The number of rotatable bonds is 5. The molecule has 0 aromatic carbocycles. The van der Waals surface area contributed by atoms with Gasteiger partial charge in [-0.15, -0.1) is 0 Å². The van der Waals surface area contributed by atoms with Crippen LogP contribution in [-0.2, 0) is 17.0 Å². The molecule has 102 valence electrons. The molecule has 0 radical (unpaired) electrons. The largest absolute Gasteiger partial charge is 0.417 e. The maximum atomic E-state index is 12.3. The number of pyridine rings is 1. The molecule has 18 heavy (non-hydrogen) atoms. The third-order valence-corrected chi connectivity index (χ3v) is 3.22. The average molecular weight is 301 g/mol. The first-order valence-corrected chi connectivity index (χ1v) is 7.18. The second kappa shape index (κ2) is 6.38. The lowest BCUT2D eigenvalue weighted by atomic mass is 10.3. The predicted molar refractivity (Wildman–Crippen MR) is 66.3 cm³/mol. The first-order valence-electron chi connectivity index (χ1n) is 5.07. The zero-order valence-corrected chi connectivity index (χ0v) is 11.1. The van der Waals surface area contributed by atoms with Crippen molar-refractivity contribution in [3.8, 4) is 0 Å². The molecule has 0 bridgehead atoms. The zero-order valence-electron chi connectivity index (χ0n) is 9.55. The lowest BCUT2D eigenvalue weighted by molar-refractivity contribution is -0.137. The van der Waals surface area contributed by atoms with Crippen LogP contribution in [0.15, 0.2) is 12.3 Å². The normalized spacial score (nSPS) is 13.4. The van der Waals surface area contributed by atoms with Crippen LogP contribution in [0, 0.1) is 0 Å². The minimum absolute atomic E-state index is 0.0811. The molecule has 1 heterocycles. The lowest BCUT2D eigenvalue weighted by Gasteiger charge is -2.10. The van der Waals surface area contributed by atoms with Crippen LogP contribution in [0.5, 0.6) is 0 Å². The van der Waals surface area contributed by atoms with Gasteiger partial charge in [0.05, 0.1) is 10.6 Å². The van der Waals surface area contributed by atoms with Crippen LogP contribution in [0.25, 0.3) is 0 Å².